The molecule has 0 radical (unpaired) electrons. The van der Waals surface area contributed by atoms with Gasteiger partial charge in [0.05, 0.1) is 12.9 Å². The molecule has 2 N–H and O–H groups in total. The second-order valence-electron chi connectivity index (χ2n) is 4.99. The average molecular weight is 365 g/mol. The van der Waals surface area contributed by atoms with Crippen LogP contribution in [0, 0.1) is 0 Å². The quantitative estimate of drug-likeness (QED) is 0.518. The smallest absolute Gasteiger partial charge is 0.264 e. The lowest BCUT2D eigenvalue weighted by Gasteiger charge is -2.21. The fourth-order valence-electron chi connectivity index (χ4n) is 2.38. The van der Waals surface area contributed by atoms with Crippen LogP contribution in [0.15, 0.2) is 12.7 Å². The molecule has 4 atom stereocenters. The van der Waals surface area contributed by atoms with Gasteiger partial charge in [-0.25, -0.2) is 15.0 Å². The highest BCUT2D eigenvalue weighted by Gasteiger charge is 2.47. The predicted octanol–water partition coefficient (Wildman–Crippen LogP) is -0.973. The maximum Gasteiger partial charge on any atom is 0.264 e. The molecule has 0 aromatic rings. The molecule has 1 saturated heterocycles. The van der Waals surface area contributed by atoms with E-state index < -0.39 is 41.3 Å². The molecule has 0 aromatic carbocycles. The van der Waals surface area contributed by atoms with Gasteiger partial charge in [0, 0.05) is 0 Å². The molecule has 3 aliphatic rings. The molecule has 10 nitrogen and oxygen atoms in total. The first-order chi connectivity index (χ1) is 10.8. The van der Waals surface area contributed by atoms with Crippen LogP contribution < -0.4 is 0 Å². The van der Waals surface area contributed by atoms with Gasteiger partial charge < -0.3 is 14.9 Å². The van der Waals surface area contributed by atoms with Crippen LogP contribution in [-0.2, 0) is 19.0 Å². The summed E-state index contributed by atoms with van der Waals surface area (Å²) < 4.78 is 34.2. The molecule has 0 aliphatic carbocycles. The topological polar surface area (TPSA) is 137 Å². The van der Waals surface area contributed by atoms with Crippen molar-refractivity contribution in [2.24, 2.45) is 0 Å². The fraction of sp³-hybridized carbons (Fsp3) is 0.545. The van der Waals surface area contributed by atoms with Crippen molar-refractivity contribution >= 4 is 21.7 Å². The Morgan fingerprint density at radius 1 is 1.43 bits per heavy atom. The van der Waals surface area contributed by atoms with Crippen LogP contribution >= 0.6 is 11.6 Å². The molecular formula is C11H13ClN4O6S. The van der Waals surface area contributed by atoms with E-state index in [0.29, 0.717) is 11.5 Å². The van der Waals surface area contributed by atoms with Crippen LogP contribution in [0.1, 0.15) is 6.23 Å². The van der Waals surface area contributed by atoms with E-state index in [-0.39, 0.29) is 5.15 Å². The van der Waals surface area contributed by atoms with Crippen LogP contribution in [0.4, 0.5) is 0 Å². The van der Waals surface area contributed by atoms with Crippen molar-refractivity contribution in [2.45, 2.75) is 24.5 Å². The first-order valence-electron chi connectivity index (χ1n) is 6.47. The molecular weight excluding hydrogens is 352 g/mol. The van der Waals surface area contributed by atoms with E-state index in [1.165, 1.54) is 17.2 Å². The van der Waals surface area contributed by atoms with E-state index in [4.69, 9.17) is 20.5 Å². The van der Waals surface area contributed by atoms with Gasteiger partial charge in [0.25, 0.3) is 10.1 Å². The molecule has 0 unspecified atom stereocenters. The molecule has 0 spiro atoms. The van der Waals surface area contributed by atoms with Crippen molar-refractivity contribution in [1.29, 1.82) is 0 Å². The number of ether oxygens (including phenoxy) is 1. The van der Waals surface area contributed by atoms with Crippen LogP contribution in [0.25, 0.3) is 11.5 Å². The zero-order chi connectivity index (χ0) is 16.8. The SMILES string of the molecule is CS(=O)(=O)O[C@@H]1[C@@H](O)[C@H](n2cnc3ncnc-3c2Cl)O[C@@H]1CO. The Morgan fingerprint density at radius 2 is 2.17 bits per heavy atom. The van der Waals surface area contributed by atoms with Crippen molar-refractivity contribution in [1.82, 2.24) is 19.5 Å². The van der Waals surface area contributed by atoms with E-state index in [1.54, 1.807) is 0 Å². The summed E-state index contributed by atoms with van der Waals surface area (Å²) in [5.41, 5.74) is 0.304. The third-order valence-corrected chi connectivity index (χ3v) is 4.30. The van der Waals surface area contributed by atoms with Crippen LogP contribution in [0.5, 0.6) is 0 Å². The zero-order valence-electron chi connectivity index (χ0n) is 11.8. The van der Waals surface area contributed by atoms with Gasteiger partial charge in [-0.1, -0.05) is 11.6 Å². The van der Waals surface area contributed by atoms with Gasteiger partial charge in [-0.15, -0.1) is 0 Å². The van der Waals surface area contributed by atoms with Crippen molar-refractivity contribution in [3.63, 3.8) is 0 Å². The number of nitrogens with zero attached hydrogens (tertiary/aromatic N) is 4. The second-order valence-corrected chi connectivity index (χ2v) is 6.95. The van der Waals surface area contributed by atoms with Crippen molar-refractivity contribution in [3.8, 4) is 11.5 Å². The maximum atomic E-state index is 11.3. The Labute approximate surface area is 136 Å². The Bertz CT molecular complexity index is 783. The Morgan fingerprint density at radius 3 is 2.83 bits per heavy atom. The monoisotopic (exact) mass is 364 g/mol. The third kappa shape index (κ3) is 3.03. The molecule has 0 aromatic heterocycles. The van der Waals surface area contributed by atoms with Gasteiger partial charge in [-0.05, 0) is 0 Å². The van der Waals surface area contributed by atoms with E-state index >= 15 is 0 Å². The summed E-state index contributed by atoms with van der Waals surface area (Å²) in [6.07, 6.45) is -1.41. The van der Waals surface area contributed by atoms with E-state index in [2.05, 4.69) is 15.0 Å². The lowest BCUT2D eigenvalue weighted by Crippen LogP contribution is -2.37. The summed E-state index contributed by atoms with van der Waals surface area (Å²) >= 11 is 6.21. The third-order valence-electron chi connectivity index (χ3n) is 3.35. The first kappa shape index (κ1) is 16.5. The van der Waals surface area contributed by atoms with Gasteiger partial charge in [0.2, 0.25) is 0 Å². The lowest BCUT2D eigenvalue weighted by atomic mass is 10.1. The van der Waals surface area contributed by atoms with Gasteiger partial charge in [0.1, 0.15) is 41.8 Å². The molecule has 3 aliphatic heterocycles. The van der Waals surface area contributed by atoms with Crippen molar-refractivity contribution in [3.05, 3.63) is 17.8 Å². The van der Waals surface area contributed by atoms with Crippen LogP contribution in [0.3, 0.4) is 0 Å². The van der Waals surface area contributed by atoms with E-state index in [1.807, 2.05) is 0 Å². The Hall–Kier alpha value is -1.37. The largest absolute Gasteiger partial charge is 0.394 e. The number of imidazole rings is 1. The number of hydrogen-bond acceptors (Lipinski definition) is 9. The number of hydrogen-bond donors (Lipinski definition) is 2. The van der Waals surface area contributed by atoms with Gasteiger partial charge in [-0.2, -0.15) is 8.42 Å². The number of fused-ring (bicyclic) bond motifs is 1. The van der Waals surface area contributed by atoms with Crippen molar-refractivity contribution < 1.29 is 27.6 Å². The molecule has 0 saturated carbocycles. The maximum absolute atomic E-state index is 11.3. The second kappa shape index (κ2) is 5.92. The predicted molar refractivity (Wildman–Crippen MR) is 76.2 cm³/mol. The van der Waals surface area contributed by atoms with Gasteiger partial charge in [0.15, 0.2) is 12.1 Å². The number of aromatic nitrogens is 4. The van der Waals surface area contributed by atoms with Crippen LogP contribution in [-0.4, -0.2) is 69.3 Å². The number of halogens is 1. The number of rotatable bonds is 4. The summed E-state index contributed by atoms with van der Waals surface area (Å²) in [6, 6.07) is 0. The highest BCUT2D eigenvalue weighted by molar-refractivity contribution is 7.86. The highest BCUT2D eigenvalue weighted by Crippen LogP contribution is 2.36. The lowest BCUT2D eigenvalue weighted by molar-refractivity contribution is -0.0525. The normalized spacial score (nSPS) is 28.5. The number of aliphatic hydroxyl groups excluding tert-OH is 2. The summed E-state index contributed by atoms with van der Waals surface area (Å²) in [6.45, 7) is -0.544. The van der Waals surface area contributed by atoms with Crippen LogP contribution in [0.2, 0.25) is 5.15 Å². The van der Waals surface area contributed by atoms with Gasteiger partial charge >= 0.3 is 0 Å². The average Bonchev–Trinajstić information content (AvgIpc) is 3.05. The number of aliphatic hydroxyl groups is 2. The summed E-state index contributed by atoms with van der Waals surface area (Å²) in [7, 11) is -3.86. The zero-order valence-corrected chi connectivity index (χ0v) is 13.3. The molecule has 1 fully saturated rings. The Balaban J connectivity index is 1.96. The van der Waals surface area contributed by atoms with Gasteiger partial charge in [-0.3, -0.25) is 8.75 Å². The fourth-order valence-corrected chi connectivity index (χ4v) is 3.30. The molecule has 0 bridgehead atoms. The first-order valence-corrected chi connectivity index (χ1v) is 8.67. The molecule has 3 heterocycles. The summed E-state index contributed by atoms with van der Waals surface area (Å²) in [5.74, 6) is 0.321. The standard InChI is InChI=1S/C11H13ClN4O6S/c1-23(19,20)22-8-5(2-17)21-11(7(8)18)16-4-15-10-6(9(16)12)13-3-14-10/h3-5,7-8,11,17-18H,2H2,1H3/t5-,7-,8+,11-/m1/s1. The summed E-state index contributed by atoms with van der Waals surface area (Å²) in [4.78, 5) is 11.9. The highest BCUT2D eigenvalue weighted by atomic mass is 35.5. The molecule has 23 heavy (non-hydrogen) atoms. The molecule has 3 rings (SSSR count). The minimum absolute atomic E-state index is 0.105. The van der Waals surface area contributed by atoms with E-state index in [9.17, 15) is 18.6 Å². The van der Waals surface area contributed by atoms with Crippen molar-refractivity contribution in [2.75, 3.05) is 12.9 Å². The minimum atomic E-state index is -3.86. The van der Waals surface area contributed by atoms with E-state index in [0.717, 1.165) is 6.26 Å². The summed E-state index contributed by atoms with van der Waals surface area (Å²) in [5, 5.41) is 19.8. The molecule has 126 valence electrons. The molecule has 12 heteroatoms. The minimum Gasteiger partial charge on any atom is -0.394 e. The molecule has 0 amide bonds. The Kier molecular flexibility index (Phi) is 4.25.